The number of fused-ring (bicyclic) bond motifs is 5. The number of ether oxygens (including phenoxy) is 3. The highest BCUT2D eigenvalue weighted by molar-refractivity contribution is 5.97. The van der Waals surface area contributed by atoms with Gasteiger partial charge in [0.25, 0.3) is 0 Å². The molecule has 1 heterocycles. The van der Waals surface area contributed by atoms with Crippen molar-refractivity contribution in [3.8, 4) is 0 Å². The fourth-order valence-electron chi connectivity index (χ4n) is 10.7. The van der Waals surface area contributed by atoms with E-state index in [-0.39, 0.29) is 49.1 Å². The molecule has 0 amide bonds. The molecular weight excluding hydrogens is 632 g/mol. The van der Waals surface area contributed by atoms with Crippen molar-refractivity contribution >= 4 is 23.3 Å². The van der Waals surface area contributed by atoms with Gasteiger partial charge in [-0.05, 0) is 75.7 Å². The summed E-state index contributed by atoms with van der Waals surface area (Å²) in [5.41, 5.74) is -5.91. The molecule has 0 bridgehead atoms. The zero-order valence-electron chi connectivity index (χ0n) is 30.6. The molecule has 5 aliphatic rings. The minimum atomic E-state index is -2.10. The van der Waals surface area contributed by atoms with Crippen molar-refractivity contribution in [2.45, 2.75) is 149 Å². The summed E-state index contributed by atoms with van der Waals surface area (Å²) in [5.74, 6) is -3.42. The van der Waals surface area contributed by atoms with Gasteiger partial charge in [-0.2, -0.15) is 0 Å². The fourth-order valence-corrected chi connectivity index (χ4v) is 10.7. The van der Waals surface area contributed by atoms with Crippen LogP contribution in [0.4, 0.5) is 0 Å². The molecule has 0 aromatic heterocycles. The number of hydrogen-bond acceptors (Lipinski definition) is 11. The summed E-state index contributed by atoms with van der Waals surface area (Å²) < 4.78 is 18.1. The third-order valence-electron chi connectivity index (χ3n) is 13.4. The number of esters is 1. The Balaban J connectivity index is 1.64. The zero-order chi connectivity index (χ0) is 36.9. The molecule has 49 heavy (non-hydrogen) atoms. The van der Waals surface area contributed by atoms with Crippen LogP contribution in [0.5, 0.6) is 0 Å². The maximum atomic E-state index is 14.8. The fraction of sp³-hybridized carbons (Fsp3) is 0.789. The number of Topliss-reactive ketones (excluding diaryl/α,β-unsaturated/α-hetero) is 2. The van der Waals surface area contributed by atoms with E-state index in [1.807, 2.05) is 27.7 Å². The van der Waals surface area contributed by atoms with Gasteiger partial charge in [0.15, 0.2) is 11.6 Å². The number of aliphatic hydroxyl groups is 4. The molecule has 13 unspecified atom stereocenters. The van der Waals surface area contributed by atoms with E-state index >= 15 is 0 Å². The molecule has 4 aliphatic carbocycles. The van der Waals surface area contributed by atoms with Gasteiger partial charge in [0.1, 0.15) is 11.4 Å². The lowest BCUT2D eigenvalue weighted by Gasteiger charge is -2.65. The molecule has 11 nitrogen and oxygen atoms in total. The number of allylic oxidation sites excluding steroid dienone is 1. The van der Waals surface area contributed by atoms with E-state index in [1.165, 1.54) is 33.8 Å². The minimum Gasteiger partial charge on any atom is -0.449 e. The standard InChI is InChI=1S/C38H56O11/c1-19-15-23(40)29(48-20(2)39)32(47-19)49-25-17-35(7)26-12-11-21-22(16-24(41)31(44)34(21,5)6)37(26,9)28(43)18-36(35,8)30(25)38(10,46)27(42)13-14-33(3,4)45/h11,13-14,19,22,24-26,29-32,41,44-46H,12,15-18H2,1-10H3. The number of hydrogen-bond donors (Lipinski definition) is 4. The molecule has 1 aliphatic heterocycles. The molecule has 13 atom stereocenters. The Kier molecular flexibility index (Phi) is 9.42. The molecular formula is C38H56O11. The molecule has 274 valence electrons. The van der Waals surface area contributed by atoms with Gasteiger partial charge in [-0.1, -0.05) is 52.3 Å². The van der Waals surface area contributed by atoms with E-state index in [0.29, 0.717) is 6.42 Å². The summed E-state index contributed by atoms with van der Waals surface area (Å²) in [4.78, 5) is 53.9. The van der Waals surface area contributed by atoms with Crippen LogP contribution >= 0.6 is 0 Å². The Hall–Kier alpha value is -2.28. The van der Waals surface area contributed by atoms with Crippen LogP contribution < -0.4 is 0 Å². The lowest BCUT2D eigenvalue weighted by Crippen LogP contribution is -2.65. The second kappa shape index (κ2) is 12.2. The van der Waals surface area contributed by atoms with E-state index in [2.05, 4.69) is 13.0 Å². The topological polar surface area (TPSA) is 177 Å². The predicted molar refractivity (Wildman–Crippen MR) is 178 cm³/mol. The van der Waals surface area contributed by atoms with Crippen molar-refractivity contribution in [3.63, 3.8) is 0 Å². The minimum absolute atomic E-state index is 0.00322. The maximum absolute atomic E-state index is 14.8. The molecule has 4 N–H and O–H groups in total. The molecule has 0 spiro atoms. The van der Waals surface area contributed by atoms with Crippen molar-refractivity contribution in [1.82, 2.24) is 0 Å². The van der Waals surface area contributed by atoms with Crippen molar-refractivity contribution in [3.05, 3.63) is 23.8 Å². The van der Waals surface area contributed by atoms with Crippen molar-refractivity contribution in [1.29, 1.82) is 0 Å². The molecule has 5 rings (SSSR count). The van der Waals surface area contributed by atoms with Gasteiger partial charge in [-0.3, -0.25) is 19.2 Å². The van der Waals surface area contributed by atoms with Crippen molar-refractivity contribution < 1.29 is 53.8 Å². The molecule has 4 fully saturated rings. The van der Waals surface area contributed by atoms with Gasteiger partial charge in [0.05, 0.1) is 30.0 Å². The molecule has 11 heteroatoms. The van der Waals surface area contributed by atoms with E-state index < -0.39 is 87.3 Å². The molecule has 1 saturated heterocycles. The normalized spacial score (nSPS) is 44.8. The average molecular weight is 689 g/mol. The summed E-state index contributed by atoms with van der Waals surface area (Å²) in [5, 5.41) is 44.7. The van der Waals surface area contributed by atoms with E-state index in [4.69, 9.17) is 14.2 Å². The van der Waals surface area contributed by atoms with E-state index in [1.54, 1.807) is 6.92 Å². The molecule has 0 radical (unpaired) electrons. The van der Waals surface area contributed by atoms with E-state index in [0.717, 1.165) is 11.6 Å². The number of aliphatic hydroxyl groups excluding tert-OH is 2. The third kappa shape index (κ3) is 5.90. The monoisotopic (exact) mass is 688 g/mol. The summed E-state index contributed by atoms with van der Waals surface area (Å²) >= 11 is 0. The summed E-state index contributed by atoms with van der Waals surface area (Å²) in [6.07, 6.45) is -0.558. The van der Waals surface area contributed by atoms with Crippen LogP contribution in [0.3, 0.4) is 0 Å². The zero-order valence-corrected chi connectivity index (χ0v) is 30.6. The van der Waals surface area contributed by atoms with Gasteiger partial charge in [0.2, 0.25) is 12.4 Å². The number of ketones is 3. The Labute approximate surface area is 289 Å². The van der Waals surface area contributed by atoms with Crippen molar-refractivity contribution in [2.75, 3.05) is 0 Å². The number of rotatable bonds is 7. The Morgan fingerprint density at radius 3 is 2.27 bits per heavy atom. The summed E-state index contributed by atoms with van der Waals surface area (Å²) in [6.45, 7) is 17.1. The smallest absolute Gasteiger partial charge is 0.303 e. The van der Waals surface area contributed by atoms with Gasteiger partial charge < -0.3 is 34.6 Å². The highest BCUT2D eigenvalue weighted by Gasteiger charge is 2.75. The highest BCUT2D eigenvalue weighted by Crippen LogP contribution is 2.74. The van der Waals surface area contributed by atoms with E-state index in [9.17, 15) is 39.6 Å². The second-order valence-corrected chi connectivity index (χ2v) is 17.6. The highest BCUT2D eigenvalue weighted by atomic mass is 16.7. The first-order valence-corrected chi connectivity index (χ1v) is 17.6. The third-order valence-corrected chi connectivity index (χ3v) is 13.4. The summed E-state index contributed by atoms with van der Waals surface area (Å²) in [6, 6.07) is 0. The van der Waals surface area contributed by atoms with Crippen LogP contribution in [0.25, 0.3) is 0 Å². The molecule has 0 aromatic carbocycles. The first kappa shape index (κ1) is 38.0. The van der Waals surface area contributed by atoms with Gasteiger partial charge >= 0.3 is 5.97 Å². The van der Waals surface area contributed by atoms with Crippen LogP contribution in [0.15, 0.2) is 23.8 Å². The lowest BCUT2D eigenvalue weighted by molar-refractivity contribution is -0.261. The van der Waals surface area contributed by atoms with Gasteiger partial charge in [-0.15, -0.1) is 0 Å². The summed E-state index contributed by atoms with van der Waals surface area (Å²) in [7, 11) is 0. The largest absolute Gasteiger partial charge is 0.449 e. The quantitative estimate of drug-likeness (QED) is 0.175. The van der Waals surface area contributed by atoms with Gasteiger partial charge in [0, 0.05) is 36.5 Å². The van der Waals surface area contributed by atoms with Crippen LogP contribution in [0.2, 0.25) is 0 Å². The Bertz CT molecular complexity index is 1450. The average Bonchev–Trinajstić information content (AvgIpc) is 3.18. The predicted octanol–water partition coefficient (Wildman–Crippen LogP) is 3.38. The van der Waals surface area contributed by atoms with Crippen molar-refractivity contribution in [2.24, 2.45) is 39.4 Å². The number of carbonyl (C=O) groups excluding carboxylic acids is 4. The van der Waals surface area contributed by atoms with Crippen LogP contribution in [-0.4, -0.2) is 91.8 Å². The second-order valence-electron chi connectivity index (χ2n) is 17.6. The number of carbonyl (C=O) groups is 4. The van der Waals surface area contributed by atoms with Crippen LogP contribution in [0, 0.1) is 39.4 Å². The lowest BCUT2D eigenvalue weighted by atomic mass is 9.38. The first-order chi connectivity index (χ1) is 22.3. The van der Waals surface area contributed by atoms with Crippen LogP contribution in [0.1, 0.15) is 101 Å². The Morgan fingerprint density at radius 2 is 1.67 bits per heavy atom. The maximum Gasteiger partial charge on any atom is 0.303 e. The molecule has 0 aromatic rings. The Morgan fingerprint density at radius 1 is 1.04 bits per heavy atom. The van der Waals surface area contributed by atoms with Gasteiger partial charge in [-0.25, -0.2) is 0 Å². The molecule has 3 saturated carbocycles. The first-order valence-electron chi connectivity index (χ1n) is 17.6. The SMILES string of the molecule is CC(=O)OC1C(=O)CC(C)OC1OC1CC2(C)C3CC=C4C(CC(O)C(O)C4(C)C)C3(C)C(=O)CC2(C)C1C(C)(O)C(=O)C=CC(C)(C)O. The van der Waals surface area contributed by atoms with Crippen LogP contribution in [-0.2, 0) is 33.4 Å².